The molecule has 1 amide bonds. The highest BCUT2D eigenvalue weighted by Gasteiger charge is 2.34. The molecular weight excluding hydrogens is 376 g/mol. The van der Waals surface area contributed by atoms with Gasteiger partial charge in [0, 0.05) is 24.8 Å². The molecule has 0 N–H and O–H groups in total. The highest BCUT2D eigenvalue weighted by Crippen LogP contribution is 2.35. The van der Waals surface area contributed by atoms with E-state index >= 15 is 0 Å². The number of hydrogen-bond acceptors (Lipinski definition) is 4. The third-order valence-electron chi connectivity index (χ3n) is 5.53. The van der Waals surface area contributed by atoms with Gasteiger partial charge in [-0.05, 0) is 56.0 Å². The number of anilines is 1. The fourth-order valence-corrected chi connectivity index (χ4v) is 5.64. The maximum atomic E-state index is 13.4. The summed E-state index contributed by atoms with van der Waals surface area (Å²) in [6.45, 7) is 3.04. The van der Waals surface area contributed by atoms with Crippen LogP contribution in [-0.2, 0) is 16.4 Å². The van der Waals surface area contributed by atoms with Crippen LogP contribution in [0.5, 0.6) is 5.75 Å². The molecule has 2 aliphatic rings. The van der Waals surface area contributed by atoms with Crippen molar-refractivity contribution in [2.45, 2.75) is 37.1 Å². The van der Waals surface area contributed by atoms with E-state index in [1.807, 2.05) is 31.2 Å². The SMILES string of the molecule is COc1ccc(S(=O)(=O)N2CCCC2)cc1C(=O)N1c2ccccc2C[C@H]1C. The summed E-state index contributed by atoms with van der Waals surface area (Å²) in [5.41, 5.74) is 2.25. The first kappa shape index (κ1) is 19.0. The maximum absolute atomic E-state index is 13.4. The summed E-state index contributed by atoms with van der Waals surface area (Å²) in [5, 5.41) is 0. The van der Waals surface area contributed by atoms with Crippen LogP contribution < -0.4 is 9.64 Å². The zero-order valence-electron chi connectivity index (χ0n) is 16.1. The Morgan fingerprint density at radius 1 is 1.11 bits per heavy atom. The summed E-state index contributed by atoms with van der Waals surface area (Å²) in [4.78, 5) is 15.3. The minimum atomic E-state index is -3.61. The molecule has 1 atom stereocenters. The number of rotatable bonds is 4. The number of amides is 1. The van der Waals surface area contributed by atoms with Gasteiger partial charge in [0.25, 0.3) is 5.91 Å². The van der Waals surface area contributed by atoms with Crippen LogP contribution >= 0.6 is 0 Å². The van der Waals surface area contributed by atoms with E-state index in [0.29, 0.717) is 18.8 Å². The van der Waals surface area contributed by atoms with Gasteiger partial charge in [0.05, 0.1) is 17.6 Å². The van der Waals surface area contributed by atoms with E-state index in [4.69, 9.17) is 4.74 Å². The molecule has 28 heavy (non-hydrogen) atoms. The average Bonchev–Trinajstić information content (AvgIpc) is 3.34. The molecule has 0 spiro atoms. The number of carbonyl (C=O) groups is 1. The molecule has 0 aliphatic carbocycles. The van der Waals surface area contributed by atoms with Crippen LogP contribution in [0, 0.1) is 0 Å². The number of fused-ring (bicyclic) bond motifs is 1. The largest absolute Gasteiger partial charge is 0.496 e. The van der Waals surface area contributed by atoms with Crippen molar-refractivity contribution in [3.63, 3.8) is 0 Å². The van der Waals surface area contributed by atoms with Crippen molar-refractivity contribution < 1.29 is 17.9 Å². The quantitative estimate of drug-likeness (QED) is 0.791. The minimum absolute atomic E-state index is 0.00606. The number of hydrogen-bond donors (Lipinski definition) is 0. The zero-order chi connectivity index (χ0) is 19.9. The van der Waals surface area contributed by atoms with Crippen LogP contribution in [0.25, 0.3) is 0 Å². The molecule has 2 aliphatic heterocycles. The molecule has 0 saturated carbocycles. The lowest BCUT2D eigenvalue weighted by molar-refractivity contribution is 0.0978. The van der Waals surface area contributed by atoms with Gasteiger partial charge in [0.15, 0.2) is 0 Å². The molecule has 2 aromatic carbocycles. The third kappa shape index (κ3) is 3.08. The van der Waals surface area contributed by atoms with Gasteiger partial charge in [-0.3, -0.25) is 4.79 Å². The maximum Gasteiger partial charge on any atom is 0.262 e. The molecule has 2 heterocycles. The Balaban J connectivity index is 1.76. The van der Waals surface area contributed by atoms with E-state index in [1.54, 1.807) is 11.0 Å². The van der Waals surface area contributed by atoms with Crippen molar-refractivity contribution in [3.05, 3.63) is 53.6 Å². The monoisotopic (exact) mass is 400 g/mol. The summed E-state index contributed by atoms with van der Waals surface area (Å²) >= 11 is 0. The van der Waals surface area contributed by atoms with Crippen LogP contribution in [0.1, 0.15) is 35.7 Å². The first-order chi connectivity index (χ1) is 13.4. The topological polar surface area (TPSA) is 66.9 Å². The van der Waals surface area contributed by atoms with Gasteiger partial charge in [-0.25, -0.2) is 8.42 Å². The fourth-order valence-electron chi connectivity index (χ4n) is 4.10. The Bertz CT molecular complexity index is 1010. The number of para-hydroxylation sites is 1. The molecule has 2 aromatic rings. The van der Waals surface area contributed by atoms with Crippen molar-refractivity contribution in [2.24, 2.45) is 0 Å². The van der Waals surface area contributed by atoms with Crippen LogP contribution in [0.4, 0.5) is 5.69 Å². The second-order valence-electron chi connectivity index (χ2n) is 7.33. The lowest BCUT2D eigenvalue weighted by Gasteiger charge is -2.24. The van der Waals surface area contributed by atoms with Crippen molar-refractivity contribution in [1.82, 2.24) is 4.31 Å². The van der Waals surface area contributed by atoms with Gasteiger partial charge in [-0.2, -0.15) is 4.31 Å². The Kier molecular flexibility index (Phi) is 4.89. The van der Waals surface area contributed by atoms with E-state index in [0.717, 1.165) is 30.5 Å². The molecule has 0 radical (unpaired) electrons. The highest BCUT2D eigenvalue weighted by atomic mass is 32.2. The Labute approximate surface area is 165 Å². The standard InChI is InChI=1S/C21H24N2O4S/c1-15-13-16-7-3-4-8-19(16)23(15)21(24)18-14-17(9-10-20(18)27-2)28(25,26)22-11-5-6-12-22/h3-4,7-10,14-15H,5-6,11-13H2,1-2H3/t15-/m1/s1. The van der Waals surface area contributed by atoms with Crippen molar-refractivity contribution in [2.75, 3.05) is 25.1 Å². The second kappa shape index (κ2) is 7.22. The second-order valence-corrected chi connectivity index (χ2v) is 9.27. The van der Waals surface area contributed by atoms with Crippen LogP contribution in [0.15, 0.2) is 47.4 Å². The van der Waals surface area contributed by atoms with E-state index in [1.165, 1.54) is 23.5 Å². The van der Waals surface area contributed by atoms with E-state index < -0.39 is 10.0 Å². The van der Waals surface area contributed by atoms with Gasteiger partial charge in [-0.1, -0.05) is 18.2 Å². The lowest BCUT2D eigenvalue weighted by atomic mass is 10.1. The first-order valence-corrected chi connectivity index (χ1v) is 11.0. The number of nitrogens with zero attached hydrogens (tertiary/aromatic N) is 2. The minimum Gasteiger partial charge on any atom is -0.496 e. The summed E-state index contributed by atoms with van der Waals surface area (Å²) < 4.78 is 32.8. The van der Waals surface area contributed by atoms with Crippen LogP contribution in [-0.4, -0.2) is 44.9 Å². The first-order valence-electron chi connectivity index (χ1n) is 9.53. The predicted octanol–water partition coefficient (Wildman–Crippen LogP) is 3.07. The van der Waals surface area contributed by atoms with Gasteiger partial charge >= 0.3 is 0 Å². The normalized spacial score (nSPS) is 19.6. The number of sulfonamides is 1. The van der Waals surface area contributed by atoms with Crippen molar-refractivity contribution in [1.29, 1.82) is 0 Å². The zero-order valence-corrected chi connectivity index (χ0v) is 16.9. The Morgan fingerprint density at radius 2 is 1.82 bits per heavy atom. The van der Waals surface area contributed by atoms with E-state index in [9.17, 15) is 13.2 Å². The summed E-state index contributed by atoms with van der Waals surface area (Å²) in [7, 11) is -2.12. The summed E-state index contributed by atoms with van der Waals surface area (Å²) in [5.74, 6) is 0.134. The van der Waals surface area contributed by atoms with Gasteiger partial charge in [0.1, 0.15) is 5.75 Å². The van der Waals surface area contributed by atoms with Gasteiger partial charge in [0.2, 0.25) is 10.0 Å². The molecule has 7 heteroatoms. The molecule has 0 aromatic heterocycles. The predicted molar refractivity (Wildman–Crippen MR) is 107 cm³/mol. The molecule has 0 bridgehead atoms. The molecule has 6 nitrogen and oxygen atoms in total. The fraction of sp³-hybridized carbons (Fsp3) is 0.381. The number of carbonyl (C=O) groups excluding carboxylic acids is 1. The number of benzene rings is 2. The van der Waals surface area contributed by atoms with Crippen LogP contribution in [0.3, 0.4) is 0 Å². The number of methoxy groups -OCH3 is 1. The Hall–Kier alpha value is -2.38. The Morgan fingerprint density at radius 3 is 2.54 bits per heavy atom. The lowest BCUT2D eigenvalue weighted by Crippen LogP contribution is -2.36. The molecule has 4 rings (SSSR count). The molecule has 1 saturated heterocycles. The summed E-state index contributed by atoms with van der Waals surface area (Å²) in [6, 6.07) is 12.4. The highest BCUT2D eigenvalue weighted by molar-refractivity contribution is 7.89. The molecule has 1 fully saturated rings. The average molecular weight is 401 g/mol. The van der Waals surface area contributed by atoms with Crippen LogP contribution in [0.2, 0.25) is 0 Å². The van der Waals surface area contributed by atoms with Gasteiger partial charge in [-0.15, -0.1) is 0 Å². The number of ether oxygens (including phenoxy) is 1. The van der Waals surface area contributed by atoms with E-state index in [-0.39, 0.29) is 22.4 Å². The molecular formula is C21H24N2O4S. The van der Waals surface area contributed by atoms with E-state index in [2.05, 4.69) is 0 Å². The van der Waals surface area contributed by atoms with Gasteiger partial charge < -0.3 is 9.64 Å². The molecule has 148 valence electrons. The smallest absolute Gasteiger partial charge is 0.262 e. The third-order valence-corrected chi connectivity index (χ3v) is 7.42. The van der Waals surface area contributed by atoms with Crippen molar-refractivity contribution in [3.8, 4) is 5.75 Å². The molecule has 0 unspecified atom stereocenters. The van der Waals surface area contributed by atoms with Crippen molar-refractivity contribution >= 4 is 21.6 Å². The summed E-state index contributed by atoms with van der Waals surface area (Å²) in [6.07, 6.45) is 2.50.